The van der Waals surface area contributed by atoms with Crippen molar-refractivity contribution in [1.29, 1.82) is 0 Å². The highest BCUT2D eigenvalue weighted by molar-refractivity contribution is 7.99. The zero-order valence-corrected chi connectivity index (χ0v) is 13.6. The average Bonchev–Trinajstić information content (AvgIpc) is 2.82. The number of imidazole rings is 1. The Hall–Kier alpha value is -0.440. The monoisotopic (exact) mass is 282 g/mol. The number of aromatic nitrogens is 2. The highest BCUT2D eigenvalue weighted by atomic mass is 32.2. The smallest absolute Gasteiger partial charge is 0.167 e. The first-order valence-corrected chi connectivity index (χ1v) is 8.93. The molecular weight excluding hydrogens is 252 g/mol. The molecule has 0 saturated carbocycles. The Kier molecular flexibility index (Phi) is 9.96. The quantitative estimate of drug-likeness (QED) is 0.375. The molecule has 3 heteroatoms. The van der Waals surface area contributed by atoms with Gasteiger partial charge < -0.3 is 4.57 Å². The first-order chi connectivity index (χ1) is 9.34. The van der Waals surface area contributed by atoms with Crippen molar-refractivity contribution in [2.24, 2.45) is 7.05 Å². The van der Waals surface area contributed by atoms with Crippen LogP contribution in [0.2, 0.25) is 0 Å². The van der Waals surface area contributed by atoms with Crippen LogP contribution >= 0.6 is 11.8 Å². The van der Waals surface area contributed by atoms with Crippen LogP contribution in [-0.2, 0) is 7.05 Å². The Labute approximate surface area is 123 Å². The van der Waals surface area contributed by atoms with Gasteiger partial charge in [-0.25, -0.2) is 4.98 Å². The molecular formula is C16H30N2S. The van der Waals surface area contributed by atoms with E-state index in [-0.39, 0.29) is 0 Å². The van der Waals surface area contributed by atoms with Gasteiger partial charge in [0.1, 0.15) is 0 Å². The Balaban J connectivity index is 1.80. The first kappa shape index (κ1) is 16.6. The number of hydrogen-bond acceptors (Lipinski definition) is 2. The molecule has 0 amide bonds. The molecule has 0 saturated heterocycles. The molecule has 0 aliphatic heterocycles. The lowest BCUT2D eigenvalue weighted by Crippen LogP contribution is -1.90. The standard InChI is InChI=1S/C16H30N2S/c1-3-4-5-6-7-8-9-10-11-12-15-19-16-17-13-14-18(16)2/h13-14H,3-12,15H2,1-2H3. The third-order valence-electron chi connectivity index (χ3n) is 3.51. The Morgan fingerprint density at radius 2 is 1.53 bits per heavy atom. The normalized spacial score (nSPS) is 11.1. The zero-order valence-electron chi connectivity index (χ0n) is 12.7. The van der Waals surface area contributed by atoms with Crippen LogP contribution in [0.15, 0.2) is 17.6 Å². The SMILES string of the molecule is CCCCCCCCCCCCSc1nccn1C. The van der Waals surface area contributed by atoms with Crippen molar-refractivity contribution in [2.45, 2.75) is 76.3 Å². The minimum atomic E-state index is 1.15. The van der Waals surface area contributed by atoms with Gasteiger partial charge in [0.25, 0.3) is 0 Å². The molecule has 1 aromatic heterocycles. The molecule has 2 nitrogen and oxygen atoms in total. The summed E-state index contributed by atoms with van der Waals surface area (Å²) in [6, 6.07) is 0. The van der Waals surface area contributed by atoms with Crippen molar-refractivity contribution in [3.05, 3.63) is 12.4 Å². The summed E-state index contributed by atoms with van der Waals surface area (Å²) in [4.78, 5) is 4.32. The van der Waals surface area contributed by atoms with Crippen molar-refractivity contribution in [3.8, 4) is 0 Å². The van der Waals surface area contributed by atoms with E-state index in [9.17, 15) is 0 Å². The van der Waals surface area contributed by atoms with Gasteiger partial charge in [-0.1, -0.05) is 76.5 Å². The number of rotatable bonds is 12. The lowest BCUT2D eigenvalue weighted by atomic mass is 10.1. The molecule has 0 aliphatic rings. The van der Waals surface area contributed by atoms with Crippen molar-refractivity contribution in [1.82, 2.24) is 9.55 Å². The van der Waals surface area contributed by atoms with E-state index in [1.54, 1.807) is 0 Å². The summed E-state index contributed by atoms with van der Waals surface area (Å²) in [7, 11) is 2.06. The van der Waals surface area contributed by atoms with Gasteiger partial charge in [0, 0.05) is 25.2 Å². The maximum absolute atomic E-state index is 4.32. The Morgan fingerprint density at radius 3 is 2.05 bits per heavy atom. The molecule has 1 aromatic rings. The van der Waals surface area contributed by atoms with E-state index in [2.05, 4.69) is 23.5 Å². The fourth-order valence-electron chi connectivity index (χ4n) is 2.24. The first-order valence-electron chi connectivity index (χ1n) is 7.94. The minimum Gasteiger partial charge on any atom is -0.329 e. The largest absolute Gasteiger partial charge is 0.329 e. The predicted molar refractivity (Wildman–Crippen MR) is 85.8 cm³/mol. The third-order valence-corrected chi connectivity index (χ3v) is 4.65. The molecule has 1 rings (SSSR count). The molecule has 0 aliphatic carbocycles. The lowest BCUT2D eigenvalue weighted by Gasteiger charge is -2.03. The third kappa shape index (κ3) is 8.35. The van der Waals surface area contributed by atoms with Crippen LogP contribution in [0.4, 0.5) is 0 Å². The summed E-state index contributed by atoms with van der Waals surface area (Å²) < 4.78 is 2.10. The van der Waals surface area contributed by atoms with E-state index in [1.165, 1.54) is 70.0 Å². The highest BCUT2D eigenvalue weighted by Crippen LogP contribution is 2.17. The molecule has 0 N–H and O–H groups in total. The number of unbranched alkanes of at least 4 members (excludes halogenated alkanes) is 9. The van der Waals surface area contributed by atoms with Crippen molar-refractivity contribution in [2.75, 3.05) is 5.75 Å². The summed E-state index contributed by atoms with van der Waals surface area (Å²) in [6.45, 7) is 2.28. The van der Waals surface area contributed by atoms with E-state index in [1.807, 2.05) is 24.2 Å². The molecule has 0 bridgehead atoms. The van der Waals surface area contributed by atoms with Crippen LogP contribution in [0.5, 0.6) is 0 Å². The molecule has 0 fully saturated rings. The van der Waals surface area contributed by atoms with Gasteiger partial charge in [-0.3, -0.25) is 0 Å². The summed E-state index contributed by atoms with van der Waals surface area (Å²) in [5.74, 6) is 1.21. The fourth-order valence-corrected chi connectivity index (χ4v) is 3.17. The molecule has 0 aromatic carbocycles. The summed E-state index contributed by atoms with van der Waals surface area (Å²) >= 11 is 1.88. The van der Waals surface area contributed by atoms with Gasteiger partial charge in [-0.15, -0.1) is 0 Å². The van der Waals surface area contributed by atoms with E-state index in [0.29, 0.717) is 0 Å². The van der Waals surface area contributed by atoms with Gasteiger partial charge in [0.05, 0.1) is 0 Å². The fraction of sp³-hybridized carbons (Fsp3) is 0.812. The highest BCUT2D eigenvalue weighted by Gasteiger charge is 1.99. The molecule has 0 spiro atoms. The van der Waals surface area contributed by atoms with Crippen LogP contribution in [0.25, 0.3) is 0 Å². The number of aryl methyl sites for hydroxylation is 1. The van der Waals surface area contributed by atoms with E-state index < -0.39 is 0 Å². The van der Waals surface area contributed by atoms with Crippen LogP contribution in [-0.4, -0.2) is 15.3 Å². The van der Waals surface area contributed by atoms with Crippen LogP contribution in [0.1, 0.15) is 71.1 Å². The van der Waals surface area contributed by atoms with Crippen molar-refractivity contribution >= 4 is 11.8 Å². The zero-order chi connectivity index (χ0) is 13.8. The van der Waals surface area contributed by atoms with Crippen molar-refractivity contribution in [3.63, 3.8) is 0 Å². The molecule has 0 unspecified atom stereocenters. The lowest BCUT2D eigenvalue weighted by molar-refractivity contribution is 0.563. The Morgan fingerprint density at radius 1 is 0.947 bits per heavy atom. The van der Waals surface area contributed by atoms with E-state index >= 15 is 0 Å². The second-order valence-corrected chi connectivity index (χ2v) is 6.41. The topological polar surface area (TPSA) is 17.8 Å². The molecule has 1 heterocycles. The number of nitrogens with zero attached hydrogens (tertiary/aromatic N) is 2. The van der Waals surface area contributed by atoms with Gasteiger partial charge in [-0.2, -0.15) is 0 Å². The van der Waals surface area contributed by atoms with E-state index in [4.69, 9.17) is 0 Å². The summed E-state index contributed by atoms with van der Waals surface area (Å²) in [5, 5.41) is 1.15. The van der Waals surface area contributed by atoms with Crippen LogP contribution in [0, 0.1) is 0 Å². The van der Waals surface area contributed by atoms with Crippen LogP contribution < -0.4 is 0 Å². The van der Waals surface area contributed by atoms with Gasteiger partial charge >= 0.3 is 0 Å². The maximum Gasteiger partial charge on any atom is 0.167 e. The van der Waals surface area contributed by atoms with Gasteiger partial charge in [-0.05, 0) is 6.42 Å². The average molecular weight is 282 g/mol. The molecule has 0 radical (unpaired) electrons. The second kappa shape index (κ2) is 11.4. The minimum absolute atomic E-state index is 1.15. The van der Waals surface area contributed by atoms with Gasteiger partial charge in [0.15, 0.2) is 5.16 Å². The molecule has 19 heavy (non-hydrogen) atoms. The van der Waals surface area contributed by atoms with Crippen molar-refractivity contribution < 1.29 is 0 Å². The number of thioether (sulfide) groups is 1. The maximum atomic E-state index is 4.32. The summed E-state index contributed by atoms with van der Waals surface area (Å²) in [5.41, 5.74) is 0. The second-order valence-electron chi connectivity index (χ2n) is 5.35. The van der Waals surface area contributed by atoms with E-state index in [0.717, 1.165) is 5.16 Å². The Bertz CT molecular complexity index is 309. The predicted octanol–water partition coefficient (Wildman–Crippen LogP) is 5.43. The number of hydrogen-bond donors (Lipinski definition) is 0. The van der Waals surface area contributed by atoms with Crippen LogP contribution in [0.3, 0.4) is 0 Å². The molecule has 110 valence electrons. The molecule has 0 atom stereocenters. The summed E-state index contributed by atoms with van der Waals surface area (Å²) in [6.07, 6.45) is 18.0. The van der Waals surface area contributed by atoms with Gasteiger partial charge in [0.2, 0.25) is 0 Å².